The zero-order valence-corrected chi connectivity index (χ0v) is 15.8. The summed E-state index contributed by atoms with van der Waals surface area (Å²) in [5, 5.41) is 7.11. The zero-order chi connectivity index (χ0) is 19.1. The van der Waals surface area contributed by atoms with Crippen LogP contribution in [0.15, 0.2) is 61.2 Å². The maximum Gasteiger partial charge on any atom is 0.251 e. The number of hydrogen-bond donors (Lipinski definition) is 1. The predicted molar refractivity (Wildman–Crippen MR) is 106 cm³/mol. The predicted octanol–water partition coefficient (Wildman–Crippen LogP) is 3.04. The Balaban J connectivity index is 1.64. The van der Waals surface area contributed by atoms with Gasteiger partial charge in [0.1, 0.15) is 12.7 Å². The highest BCUT2D eigenvalue weighted by molar-refractivity contribution is 5.94. The first kappa shape index (κ1) is 18.8. The van der Waals surface area contributed by atoms with Gasteiger partial charge in [0.25, 0.3) is 5.91 Å². The molecule has 140 valence electrons. The molecule has 1 heterocycles. The molecule has 0 aliphatic carbocycles. The van der Waals surface area contributed by atoms with Crippen LogP contribution in [-0.4, -0.2) is 38.7 Å². The van der Waals surface area contributed by atoms with Crippen LogP contribution in [-0.2, 0) is 13.1 Å². The molecule has 0 saturated carbocycles. The van der Waals surface area contributed by atoms with E-state index in [-0.39, 0.29) is 5.91 Å². The number of nitrogens with one attached hydrogen (secondary N) is 1. The number of benzene rings is 2. The van der Waals surface area contributed by atoms with Crippen LogP contribution in [0.5, 0.6) is 0 Å². The van der Waals surface area contributed by atoms with Gasteiger partial charge < -0.3 is 5.32 Å². The Labute approximate surface area is 159 Å². The molecule has 0 unspecified atom stereocenters. The smallest absolute Gasteiger partial charge is 0.251 e. The van der Waals surface area contributed by atoms with Crippen LogP contribution in [0.4, 0.5) is 0 Å². The van der Waals surface area contributed by atoms with Gasteiger partial charge in [0, 0.05) is 18.7 Å². The van der Waals surface area contributed by atoms with Gasteiger partial charge in [-0.15, -0.1) is 0 Å². The molecule has 1 aromatic heterocycles. The molecule has 1 amide bonds. The van der Waals surface area contributed by atoms with Crippen LogP contribution >= 0.6 is 0 Å². The minimum absolute atomic E-state index is 0.0854. The van der Waals surface area contributed by atoms with E-state index in [1.807, 2.05) is 24.3 Å². The van der Waals surface area contributed by atoms with Crippen molar-refractivity contribution in [1.82, 2.24) is 25.0 Å². The third-order valence-electron chi connectivity index (χ3n) is 4.66. The van der Waals surface area contributed by atoms with E-state index in [4.69, 9.17) is 0 Å². The quantitative estimate of drug-likeness (QED) is 0.668. The summed E-state index contributed by atoms with van der Waals surface area (Å²) in [6.07, 6.45) is 3.11. The van der Waals surface area contributed by atoms with Gasteiger partial charge in [0.15, 0.2) is 0 Å². The van der Waals surface area contributed by atoms with Crippen molar-refractivity contribution in [2.45, 2.75) is 26.9 Å². The van der Waals surface area contributed by atoms with E-state index in [1.165, 1.54) is 11.9 Å². The number of amides is 1. The first-order valence-corrected chi connectivity index (χ1v) is 9.23. The first-order chi connectivity index (χ1) is 13.2. The van der Waals surface area contributed by atoms with Crippen molar-refractivity contribution in [1.29, 1.82) is 0 Å². The van der Waals surface area contributed by atoms with E-state index in [1.54, 1.807) is 23.1 Å². The van der Waals surface area contributed by atoms with Crippen LogP contribution in [0, 0.1) is 0 Å². The third-order valence-corrected chi connectivity index (χ3v) is 4.66. The molecule has 6 heteroatoms. The number of carbonyl (C=O) groups is 1. The van der Waals surface area contributed by atoms with Crippen molar-refractivity contribution < 1.29 is 4.79 Å². The molecule has 0 atom stereocenters. The molecule has 0 aliphatic heterocycles. The van der Waals surface area contributed by atoms with Crippen LogP contribution in [0.3, 0.4) is 0 Å². The third kappa shape index (κ3) is 4.80. The number of hydrogen-bond acceptors (Lipinski definition) is 4. The maximum absolute atomic E-state index is 12.5. The molecule has 0 aliphatic rings. The van der Waals surface area contributed by atoms with Crippen LogP contribution in [0.1, 0.15) is 35.3 Å². The standard InChI is InChI=1S/C21H25N5O/c1-3-25(4-2)14-19-8-6-5-7-18(19)13-23-21(27)17-9-11-20(12-10-17)26-16-22-15-24-26/h5-12,15-16H,3-4,13-14H2,1-2H3,(H,23,27). The molecule has 0 spiro atoms. The molecule has 0 fully saturated rings. The second kappa shape index (κ2) is 9.09. The lowest BCUT2D eigenvalue weighted by molar-refractivity contribution is 0.0950. The molecule has 0 radical (unpaired) electrons. The summed E-state index contributed by atoms with van der Waals surface area (Å²) < 4.78 is 1.66. The molecule has 0 saturated heterocycles. The second-order valence-electron chi connectivity index (χ2n) is 6.30. The summed E-state index contributed by atoms with van der Waals surface area (Å²) in [7, 11) is 0. The molecule has 6 nitrogen and oxygen atoms in total. The minimum atomic E-state index is -0.0854. The number of carbonyl (C=O) groups excluding carboxylic acids is 1. The van der Waals surface area contributed by atoms with Crippen molar-refractivity contribution >= 4 is 5.91 Å². The zero-order valence-electron chi connectivity index (χ0n) is 15.8. The normalized spacial score (nSPS) is 10.9. The molecule has 3 rings (SSSR count). The largest absolute Gasteiger partial charge is 0.348 e. The average molecular weight is 363 g/mol. The topological polar surface area (TPSA) is 63.1 Å². The van der Waals surface area contributed by atoms with Gasteiger partial charge in [-0.1, -0.05) is 38.1 Å². The summed E-state index contributed by atoms with van der Waals surface area (Å²) in [5.74, 6) is -0.0854. The molecule has 0 bridgehead atoms. The Hall–Kier alpha value is -2.99. The molecular weight excluding hydrogens is 338 g/mol. The lowest BCUT2D eigenvalue weighted by Crippen LogP contribution is -2.26. The molecule has 1 N–H and O–H groups in total. The first-order valence-electron chi connectivity index (χ1n) is 9.23. The highest BCUT2D eigenvalue weighted by Gasteiger charge is 2.09. The summed E-state index contributed by atoms with van der Waals surface area (Å²) in [4.78, 5) is 18.8. The average Bonchev–Trinajstić information content (AvgIpc) is 3.26. The number of rotatable bonds is 8. The van der Waals surface area contributed by atoms with Gasteiger partial charge in [0.2, 0.25) is 0 Å². The van der Waals surface area contributed by atoms with Crippen molar-refractivity contribution in [3.8, 4) is 5.69 Å². The molecule has 3 aromatic rings. The number of nitrogens with zero attached hydrogens (tertiary/aromatic N) is 4. The fourth-order valence-electron chi connectivity index (χ4n) is 2.96. The lowest BCUT2D eigenvalue weighted by Gasteiger charge is -2.20. The van der Waals surface area contributed by atoms with E-state index < -0.39 is 0 Å². The summed E-state index contributed by atoms with van der Waals surface area (Å²) in [6, 6.07) is 15.6. The lowest BCUT2D eigenvalue weighted by atomic mass is 10.1. The Morgan fingerprint density at radius 1 is 1.04 bits per heavy atom. The van der Waals surface area contributed by atoms with Gasteiger partial charge in [-0.2, -0.15) is 5.10 Å². The fraction of sp³-hybridized carbons (Fsp3) is 0.286. The van der Waals surface area contributed by atoms with Crippen LogP contribution in [0.25, 0.3) is 5.69 Å². The molecule has 2 aromatic carbocycles. The van der Waals surface area contributed by atoms with Gasteiger partial charge >= 0.3 is 0 Å². The van der Waals surface area contributed by atoms with Crippen molar-refractivity contribution in [3.05, 3.63) is 77.9 Å². The van der Waals surface area contributed by atoms with Crippen LogP contribution in [0.2, 0.25) is 0 Å². The van der Waals surface area contributed by atoms with E-state index in [0.717, 1.165) is 30.9 Å². The van der Waals surface area contributed by atoms with Crippen molar-refractivity contribution in [2.75, 3.05) is 13.1 Å². The fourth-order valence-corrected chi connectivity index (χ4v) is 2.96. The second-order valence-corrected chi connectivity index (χ2v) is 6.30. The molecular formula is C21H25N5O. The van der Waals surface area contributed by atoms with Gasteiger partial charge in [-0.3, -0.25) is 9.69 Å². The summed E-state index contributed by atoms with van der Waals surface area (Å²) >= 11 is 0. The van der Waals surface area contributed by atoms with E-state index in [0.29, 0.717) is 12.1 Å². The highest BCUT2D eigenvalue weighted by Crippen LogP contribution is 2.13. The van der Waals surface area contributed by atoms with Gasteiger partial charge in [-0.25, -0.2) is 9.67 Å². The minimum Gasteiger partial charge on any atom is -0.348 e. The summed E-state index contributed by atoms with van der Waals surface area (Å²) in [5.41, 5.74) is 3.90. The maximum atomic E-state index is 12.5. The Kier molecular flexibility index (Phi) is 6.33. The van der Waals surface area contributed by atoms with Gasteiger partial charge in [0.05, 0.1) is 5.69 Å². The molecule has 27 heavy (non-hydrogen) atoms. The van der Waals surface area contributed by atoms with Crippen molar-refractivity contribution in [3.63, 3.8) is 0 Å². The highest BCUT2D eigenvalue weighted by atomic mass is 16.1. The Bertz CT molecular complexity index is 855. The van der Waals surface area contributed by atoms with E-state index >= 15 is 0 Å². The Morgan fingerprint density at radius 3 is 2.37 bits per heavy atom. The van der Waals surface area contributed by atoms with E-state index in [9.17, 15) is 4.79 Å². The van der Waals surface area contributed by atoms with Crippen LogP contribution < -0.4 is 5.32 Å². The number of aromatic nitrogens is 3. The van der Waals surface area contributed by atoms with E-state index in [2.05, 4.69) is 46.3 Å². The van der Waals surface area contributed by atoms with Crippen molar-refractivity contribution in [2.24, 2.45) is 0 Å². The monoisotopic (exact) mass is 363 g/mol. The summed E-state index contributed by atoms with van der Waals surface area (Å²) in [6.45, 7) is 7.76. The SMILES string of the molecule is CCN(CC)Cc1ccccc1CNC(=O)c1ccc(-n2cncn2)cc1. The van der Waals surface area contributed by atoms with Gasteiger partial charge in [-0.05, 0) is 48.5 Å². The Morgan fingerprint density at radius 2 is 1.74 bits per heavy atom.